The minimum absolute atomic E-state index is 0.0807. The molecule has 1 amide bonds. The van der Waals surface area contributed by atoms with Crippen LogP contribution in [0.15, 0.2) is 36.4 Å². The fourth-order valence-corrected chi connectivity index (χ4v) is 3.64. The maximum Gasteiger partial charge on any atom is 0.255 e. The second kappa shape index (κ2) is 6.43. The van der Waals surface area contributed by atoms with Crippen LogP contribution in [-0.2, 0) is 6.54 Å². The first-order valence-corrected chi connectivity index (χ1v) is 8.27. The van der Waals surface area contributed by atoms with Crippen molar-refractivity contribution in [3.63, 3.8) is 0 Å². The summed E-state index contributed by atoms with van der Waals surface area (Å²) in [6.07, 6.45) is 0. The van der Waals surface area contributed by atoms with Crippen LogP contribution in [0.25, 0.3) is 10.2 Å². The highest BCUT2D eigenvalue weighted by atomic mass is 35.5. The number of amides is 1. The van der Waals surface area contributed by atoms with E-state index in [1.165, 1.54) is 22.3 Å². The van der Waals surface area contributed by atoms with E-state index in [1.807, 2.05) is 24.3 Å². The molecule has 7 heteroatoms. The van der Waals surface area contributed by atoms with E-state index in [1.54, 1.807) is 7.05 Å². The Kier molecular flexibility index (Phi) is 4.53. The fourth-order valence-electron chi connectivity index (χ4n) is 2.15. The lowest BCUT2D eigenvalue weighted by Gasteiger charge is -2.16. The Labute approximate surface area is 146 Å². The summed E-state index contributed by atoms with van der Waals surface area (Å²) in [5, 5.41) is 0.811. The number of para-hydroxylation sites is 1. The molecule has 3 aromatic rings. The lowest BCUT2D eigenvalue weighted by molar-refractivity contribution is 0.0784. The maximum absolute atomic E-state index is 13.6. The molecule has 23 heavy (non-hydrogen) atoms. The Hall–Kier alpha value is -1.69. The molecule has 0 aliphatic heterocycles. The summed E-state index contributed by atoms with van der Waals surface area (Å²) >= 11 is 13.2. The zero-order valence-corrected chi connectivity index (χ0v) is 14.3. The molecule has 0 unspecified atom stereocenters. The van der Waals surface area contributed by atoms with Gasteiger partial charge >= 0.3 is 0 Å². The van der Waals surface area contributed by atoms with Crippen LogP contribution in [0.3, 0.4) is 0 Å². The summed E-state index contributed by atoms with van der Waals surface area (Å²) in [6.45, 7) is 0.318. The standard InChI is InChI=1S/C16H11Cl2FN2OS/c1-21(8-15-20-13-4-2-3-5-14(13)23-15)16(22)9-6-12(19)11(18)7-10(9)17/h2-7H,8H2,1H3. The summed E-state index contributed by atoms with van der Waals surface area (Å²) in [5.74, 6) is -1.06. The minimum Gasteiger partial charge on any atom is -0.335 e. The molecule has 2 aromatic carbocycles. The van der Waals surface area contributed by atoms with Crippen molar-refractivity contribution in [2.45, 2.75) is 6.54 Å². The normalized spacial score (nSPS) is 11.0. The van der Waals surface area contributed by atoms with Gasteiger partial charge in [-0.2, -0.15) is 0 Å². The van der Waals surface area contributed by atoms with Gasteiger partial charge in [-0.3, -0.25) is 4.79 Å². The molecular weight excluding hydrogens is 358 g/mol. The molecule has 0 saturated heterocycles. The van der Waals surface area contributed by atoms with Crippen molar-refractivity contribution in [3.05, 3.63) is 62.8 Å². The molecule has 0 aliphatic rings. The zero-order valence-electron chi connectivity index (χ0n) is 12.0. The van der Waals surface area contributed by atoms with Crippen molar-refractivity contribution in [2.75, 3.05) is 7.05 Å². The van der Waals surface area contributed by atoms with Crippen LogP contribution in [0.4, 0.5) is 4.39 Å². The first-order chi connectivity index (χ1) is 11.0. The highest BCUT2D eigenvalue weighted by molar-refractivity contribution is 7.18. The highest BCUT2D eigenvalue weighted by Gasteiger charge is 2.19. The number of carbonyl (C=O) groups excluding carboxylic acids is 1. The van der Waals surface area contributed by atoms with E-state index in [0.29, 0.717) is 6.54 Å². The fraction of sp³-hybridized carbons (Fsp3) is 0.125. The van der Waals surface area contributed by atoms with E-state index in [4.69, 9.17) is 23.2 Å². The zero-order chi connectivity index (χ0) is 16.6. The van der Waals surface area contributed by atoms with Gasteiger partial charge in [-0.25, -0.2) is 9.37 Å². The molecule has 3 nitrogen and oxygen atoms in total. The van der Waals surface area contributed by atoms with E-state index in [-0.39, 0.29) is 21.5 Å². The van der Waals surface area contributed by atoms with E-state index in [9.17, 15) is 9.18 Å². The van der Waals surface area contributed by atoms with Gasteiger partial charge in [0.1, 0.15) is 10.8 Å². The SMILES string of the molecule is CN(Cc1nc2ccccc2s1)C(=O)c1cc(F)c(Cl)cc1Cl. The molecule has 0 saturated carbocycles. The predicted molar refractivity (Wildman–Crippen MR) is 91.8 cm³/mol. The number of fused-ring (bicyclic) bond motifs is 1. The largest absolute Gasteiger partial charge is 0.335 e. The van der Waals surface area contributed by atoms with Gasteiger partial charge < -0.3 is 4.90 Å². The predicted octanol–water partition coefficient (Wildman–Crippen LogP) is 5.01. The number of rotatable bonds is 3. The van der Waals surface area contributed by atoms with Gasteiger partial charge in [0.15, 0.2) is 0 Å². The summed E-state index contributed by atoms with van der Waals surface area (Å²) in [6, 6.07) is 10.0. The summed E-state index contributed by atoms with van der Waals surface area (Å²) in [7, 11) is 1.62. The average molecular weight is 369 g/mol. The monoisotopic (exact) mass is 368 g/mol. The third-order valence-corrected chi connectivity index (χ3v) is 4.92. The molecule has 3 rings (SSSR count). The van der Waals surface area contributed by atoms with Gasteiger partial charge in [0.2, 0.25) is 0 Å². The smallest absolute Gasteiger partial charge is 0.255 e. The van der Waals surface area contributed by atoms with E-state index in [0.717, 1.165) is 21.3 Å². The third-order valence-electron chi connectivity index (χ3n) is 3.30. The van der Waals surface area contributed by atoms with Crippen molar-refractivity contribution in [2.24, 2.45) is 0 Å². The second-order valence-electron chi connectivity index (χ2n) is 4.98. The van der Waals surface area contributed by atoms with Gasteiger partial charge in [-0.1, -0.05) is 35.3 Å². The summed E-state index contributed by atoms with van der Waals surface area (Å²) in [4.78, 5) is 18.4. The van der Waals surface area contributed by atoms with Crippen LogP contribution in [0.5, 0.6) is 0 Å². The van der Waals surface area contributed by atoms with E-state index < -0.39 is 5.82 Å². The van der Waals surface area contributed by atoms with Gasteiger partial charge in [0.05, 0.1) is 32.4 Å². The first kappa shape index (κ1) is 16.2. The number of halogens is 3. The van der Waals surface area contributed by atoms with Crippen LogP contribution < -0.4 is 0 Å². The second-order valence-corrected chi connectivity index (χ2v) is 6.91. The maximum atomic E-state index is 13.6. The van der Waals surface area contributed by atoms with E-state index >= 15 is 0 Å². The van der Waals surface area contributed by atoms with Crippen LogP contribution in [0.1, 0.15) is 15.4 Å². The first-order valence-electron chi connectivity index (χ1n) is 6.70. The lowest BCUT2D eigenvalue weighted by Crippen LogP contribution is -2.26. The van der Waals surface area contributed by atoms with Gasteiger partial charge in [0.25, 0.3) is 5.91 Å². The molecule has 0 fully saturated rings. The van der Waals surface area contributed by atoms with Crippen LogP contribution in [0, 0.1) is 5.82 Å². The lowest BCUT2D eigenvalue weighted by atomic mass is 10.2. The number of hydrogen-bond donors (Lipinski definition) is 0. The van der Waals surface area contributed by atoms with Crippen LogP contribution in [-0.4, -0.2) is 22.8 Å². The number of benzene rings is 2. The highest BCUT2D eigenvalue weighted by Crippen LogP contribution is 2.27. The molecule has 1 heterocycles. The van der Waals surface area contributed by atoms with Crippen molar-refractivity contribution in [1.29, 1.82) is 0 Å². The minimum atomic E-state index is -0.673. The summed E-state index contributed by atoms with van der Waals surface area (Å²) < 4.78 is 14.6. The Morgan fingerprint density at radius 2 is 2.00 bits per heavy atom. The molecule has 0 radical (unpaired) electrons. The number of aromatic nitrogens is 1. The Balaban J connectivity index is 1.83. The molecule has 0 aliphatic carbocycles. The number of nitrogens with zero attached hydrogens (tertiary/aromatic N) is 2. The van der Waals surface area contributed by atoms with E-state index in [2.05, 4.69) is 4.98 Å². The number of hydrogen-bond acceptors (Lipinski definition) is 3. The Morgan fingerprint density at radius 3 is 2.74 bits per heavy atom. The molecule has 0 bridgehead atoms. The molecule has 0 atom stereocenters. The molecular formula is C16H11Cl2FN2OS. The van der Waals surface area contributed by atoms with Gasteiger partial charge in [0, 0.05) is 7.05 Å². The Bertz CT molecular complexity index is 864. The van der Waals surface area contributed by atoms with Gasteiger partial charge in [-0.15, -0.1) is 11.3 Å². The quantitative estimate of drug-likeness (QED) is 0.608. The third kappa shape index (κ3) is 3.32. The van der Waals surface area contributed by atoms with Crippen molar-refractivity contribution in [1.82, 2.24) is 9.88 Å². The van der Waals surface area contributed by atoms with Crippen molar-refractivity contribution in [3.8, 4) is 0 Å². The molecule has 0 spiro atoms. The number of carbonyl (C=O) groups is 1. The molecule has 1 aromatic heterocycles. The van der Waals surface area contributed by atoms with Gasteiger partial charge in [-0.05, 0) is 24.3 Å². The van der Waals surface area contributed by atoms with Crippen LogP contribution >= 0.6 is 34.5 Å². The molecule has 118 valence electrons. The topological polar surface area (TPSA) is 33.2 Å². The van der Waals surface area contributed by atoms with Crippen LogP contribution in [0.2, 0.25) is 10.0 Å². The van der Waals surface area contributed by atoms with Crippen molar-refractivity contribution >= 4 is 50.7 Å². The van der Waals surface area contributed by atoms with Crippen molar-refractivity contribution < 1.29 is 9.18 Å². The molecule has 0 N–H and O–H groups in total. The Morgan fingerprint density at radius 1 is 1.26 bits per heavy atom. The summed E-state index contributed by atoms with van der Waals surface area (Å²) in [5.41, 5.74) is 0.973. The number of thiazole rings is 1. The average Bonchev–Trinajstić information content (AvgIpc) is 2.92.